The Labute approximate surface area is 34.2 Å². The van der Waals surface area contributed by atoms with Gasteiger partial charge in [0.05, 0.1) is 0 Å². The molecule has 0 amide bonds. The van der Waals surface area contributed by atoms with Gasteiger partial charge >= 0.3 is 0 Å². The molecule has 0 heterocycles. The highest BCUT2D eigenvalue weighted by Gasteiger charge is 1.03. The van der Waals surface area contributed by atoms with Gasteiger partial charge in [-0.2, -0.15) is 0 Å². The van der Waals surface area contributed by atoms with Crippen molar-refractivity contribution in [2.45, 2.75) is 13.8 Å². The minimum absolute atomic E-state index is 0.500. The van der Waals surface area contributed by atoms with Crippen molar-refractivity contribution in [3.8, 4) is 0 Å². The second kappa shape index (κ2) is 133. The number of rotatable bonds is 0. The highest BCUT2D eigenvalue weighted by molar-refractivity contribution is 5.26. The summed E-state index contributed by atoms with van der Waals surface area (Å²) in [6.45, 7) is 2.29. The van der Waals surface area contributed by atoms with E-state index < -0.39 is 0 Å². The molecule has 0 aromatic rings. The first kappa shape index (κ1) is 2.61. The molecular formula is C3H7NO. The molecular weight excluding hydrogens is 66.0 g/mol. The molecule has 2 heteroatoms. The molecule has 0 radical (unpaired) electrons. The van der Waals surface area contributed by atoms with Crippen molar-refractivity contribution in [2.75, 3.05) is 0 Å². The lowest BCUT2D eigenvalue weighted by atomic mass is 11.0. The van der Waals surface area contributed by atoms with Crippen molar-refractivity contribution >= 4 is 6.08 Å². The quantitative estimate of drug-likeness (QED) is 0.337. The molecule has 0 atom stereocenters. The second-order valence-corrected chi connectivity index (χ2v) is 0.0913. The Bertz CT molecular complexity index is 60.0. The Morgan fingerprint density at radius 2 is 2.60 bits per heavy atom. The SMILES string of the molecule is [2H]CC.[2H]N=C=O. The molecule has 1 N–H and O–H groups in total. The Morgan fingerprint density at radius 1 is 2.40 bits per heavy atom. The second-order valence-electron chi connectivity index (χ2n) is 0.0913. The van der Waals surface area contributed by atoms with E-state index in [1.807, 2.05) is 0 Å². The van der Waals surface area contributed by atoms with Crippen LogP contribution in [0.3, 0.4) is 0 Å². The predicted octanol–water partition coefficient (Wildman–Crippen LogP) is 0.927. The van der Waals surface area contributed by atoms with Crippen LogP contribution in [0, 0.1) is 5.40 Å². The fraction of sp³-hybridized carbons (Fsp3) is 0.667. The number of nitrogens with one attached hydrogen (secondary N) is 1. The van der Waals surface area contributed by atoms with Gasteiger partial charge in [0.2, 0.25) is 7.49 Å². The van der Waals surface area contributed by atoms with Crippen LogP contribution >= 0.6 is 0 Å². The zero-order valence-corrected chi connectivity index (χ0v) is 3.06. The maximum Gasteiger partial charge on any atom is 0.231 e. The van der Waals surface area contributed by atoms with Gasteiger partial charge in [0.25, 0.3) is 0 Å². The van der Waals surface area contributed by atoms with E-state index >= 15 is 0 Å². The lowest BCUT2D eigenvalue weighted by Gasteiger charge is -1.07. The molecule has 0 bridgehead atoms. The normalized spacial score (nSPS) is 7.40. The van der Waals surface area contributed by atoms with Crippen LogP contribution in [0.1, 0.15) is 15.2 Å². The first-order valence-electron chi connectivity index (χ1n) is 2.29. The lowest BCUT2D eigenvalue weighted by Crippen LogP contribution is -1.16. The summed E-state index contributed by atoms with van der Waals surface area (Å²) in [6.07, 6.45) is 0.972. The Balaban J connectivity index is 0. The number of isocyanates is 1. The van der Waals surface area contributed by atoms with E-state index in [1.54, 1.807) is 6.92 Å². The van der Waals surface area contributed by atoms with E-state index in [1.165, 1.54) is 0 Å². The van der Waals surface area contributed by atoms with Crippen LogP contribution in [-0.2, 0) is 4.79 Å². The Morgan fingerprint density at radius 3 is 2.60 bits per heavy atom. The van der Waals surface area contributed by atoms with Crippen LogP contribution in [0.2, 0.25) is 1.41 Å². The van der Waals surface area contributed by atoms with E-state index in [0.29, 0.717) is 6.90 Å². The summed E-state index contributed by atoms with van der Waals surface area (Å²) < 4.78 is 11.9. The molecule has 0 unspecified atom stereocenters. The van der Waals surface area contributed by atoms with E-state index in [-0.39, 0.29) is 0 Å². The molecule has 2 nitrogen and oxygen atoms in total. The van der Waals surface area contributed by atoms with Gasteiger partial charge in [-0.25, -0.2) is 10.2 Å². The van der Waals surface area contributed by atoms with Gasteiger partial charge in [0.1, 0.15) is 0 Å². The van der Waals surface area contributed by atoms with Crippen molar-refractivity contribution < 1.29 is 7.58 Å². The van der Waals surface area contributed by atoms with Gasteiger partial charge in [0.15, 0.2) is 0 Å². The fourth-order valence-electron chi connectivity index (χ4n) is 0. The molecule has 5 heavy (non-hydrogen) atoms. The molecule has 0 aliphatic rings. The van der Waals surface area contributed by atoms with Crippen LogP contribution in [-0.4, -0.2) is 6.08 Å². The van der Waals surface area contributed by atoms with Crippen molar-refractivity contribution in [3.05, 3.63) is 0 Å². The molecule has 0 aromatic heterocycles. The van der Waals surface area contributed by atoms with Gasteiger partial charge in [-0.05, 0) is 0 Å². The molecule has 0 aliphatic heterocycles. The predicted molar refractivity (Wildman–Crippen MR) is 19.8 cm³/mol. The first-order valence-corrected chi connectivity index (χ1v) is 1.13. The van der Waals surface area contributed by atoms with E-state index in [9.17, 15) is 0 Å². The highest BCUT2D eigenvalue weighted by atomic mass is 16.1. The van der Waals surface area contributed by atoms with Gasteiger partial charge in [-0.1, -0.05) is 13.8 Å². The van der Waals surface area contributed by atoms with Crippen LogP contribution in [0.25, 0.3) is 0 Å². The maximum absolute atomic E-state index is 8.69. The van der Waals surface area contributed by atoms with Crippen LogP contribution in [0.15, 0.2) is 0 Å². The topological polar surface area (TPSA) is 40.9 Å². The molecule has 0 saturated carbocycles. The molecule has 0 spiro atoms. The van der Waals surface area contributed by atoms with Gasteiger partial charge in [-0.15, -0.1) is 0 Å². The third-order valence-electron chi connectivity index (χ3n) is 0. The number of hydrogen-bond acceptors (Lipinski definition) is 2. The molecule has 30 valence electrons. The summed E-state index contributed by atoms with van der Waals surface area (Å²) in [6, 6.07) is 0. The minimum atomic E-state index is 0.500. The summed E-state index contributed by atoms with van der Waals surface area (Å²) in [5.74, 6) is 0. The third-order valence-corrected chi connectivity index (χ3v) is 0. The summed E-state index contributed by atoms with van der Waals surface area (Å²) in [7, 11) is 0. The van der Waals surface area contributed by atoms with Crippen molar-refractivity contribution in [1.82, 2.24) is 0 Å². The third kappa shape index (κ3) is 16.7. The standard InChI is InChI=1S/C2H6.CHNO/c1-2;2-1-3/h1-2H3;2H/i1D;/hD. The largest absolute Gasteiger partial charge is 0.231 e. The van der Waals surface area contributed by atoms with Gasteiger partial charge < -0.3 is 0 Å². The Kier molecular flexibility index (Phi) is 69.2. The average Bonchev–Trinajstić information content (AvgIpc) is 1.69. The van der Waals surface area contributed by atoms with Crippen molar-refractivity contribution in [3.63, 3.8) is 0 Å². The van der Waals surface area contributed by atoms with Gasteiger partial charge in [-0.3, -0.25) is 0 Å². The zero-order chi connectivity index (χ0) is 6.12. The summed E-state index contributed by atoms with van der Waals surface area (Å²) in [5.41, 5.74) is 0. The van der Waals surface area contributed by atoms with Crippen LogP contribution in [0.5, 0.6) is 0 Å². The number of carbonyl (C=O) groups excluding carboxylic acids is 1. The summed E-state index contributed by atoms with van der Waals surface area (Å²) >= 11 is 0. The van der Waals surface area contributed by atoms with Crippen molar-refractivity contribution in [2.24, 2.45) is 0 Å². The number of hydrogen-bond donors (Lipinski definition) is 1. The van der Waals surface area contributed by atoms with Gasteiger partial charge in [0, 0.05) is 1.37 Å². The average molecular weight is 75.1 g/mol. The van der Waals surface area contributed by atoms with E-state index in [4.69, 9.17) is 7.58 Å². The smallest absolute Gasteiger partial charge is 0.222 e. The maximum atomic E-state index is 8.69. The van der Waals surface area contributed by atoms with Crippen molar-refractivity contribution in [1.29, 1.82) is 5.40 Å². The summed E-state index contributed by atoms with van der Waals surface area (Å²) in [4.78, 5) is 8.69. The monoisotopic (exact) mass is 75.1 g/mol. The molecule has 0 fully saturated rings. The summed E-state index contributed by atoms with van der Waals surface area (Å²) in [5, 5.41) is 2.18. The van der Waals surface area contributed by atoms with Crippen LogP contribution in [0.4, 0.5) is 0 Å². The Hall–Kier alpha value is -0.620. The first-order chi connectivity index (χ1) is 3.33. The zero-order valence-electron chi connectivity index (χ0n) is 5.06. The van der Waals surface area contributed by atoms with Crippen LogP contribution < -0.4 is 0 Å². The lowest BCUT2D eigenvalue weighted by molar-refractivity contribution is 0.563. The molecule has 0 saturated heterocycles. The van der Waals surface area contributed by atoms with E-state index in [2.05, 4.69) is 5.40 Å². The molecule has 0 aromatic carbocycles. The van der Waals surface area contributed by atoms with E-state index in [0.717, 1.165) is 6.08 Å². The highest BCUT2D eigenvalue weighted by Crippen LogP contribution is 1.14. The fourth-order valence-corrected chi connectivity index (χ4v) is 0. The molecule has 0 rings (SSSR count). The molecule has 0 aliphatic carbocycles. The minimum Gasteiger partial charge on any atom is -0.222 e.